The van der Waals surface area contributed by atoms with Gasteiger partial charge < -0.3 is 5.32 Å². The molecular weight excluding hydrogens is 222 g/mol. The first kappa shape index (κ1) is 12.1. The number of aryl methyl sites for hydroxylation is 1. The fourth-order valence-corrected chi connectivity index (χ4v) is 1.85. The summed E-state index contributed by atoms with van der Waals surface area (Å²) >= 11 is 0. The molecule has 0 aliphatic rings. The lowest BCUT2D eigenvalue weighted by Gasteiger charge is -2.09. The molecule has 0 saturated carbocycles. The molecule has 0 unspecified atom stereocenters. The molecule has 0 aliphatic heterocycles. The van der Waals surface area contributed by atoms with Crippen LogP contribution in [0.3, 0.4) is 0 Å². The molecule has 1 heterocycles. The molecule has 90 valence electrons. The third kappa shape index (κ3) is 2.86. The van der Waals surface area contributed by atoms with Crippen LogP contribution < -0.4 is 5.32 Å². The first-order valence-electron chi connectivity index (χ1n) is 5.94. The van der Waals surface area contributed by atoms with Crippen molar-refractivity contribution in [3.05, 3.63) is 59.4 Å². The molecule has 0 bridgehead atoms. The average Bonchev–Trinajstić information content (AvgIpc) is 2.40. The van der Waals surface area contributed by atoms with Crippen LogP contribution in [0.1, 0.15) is 16.7 Å². The van der Waals surface area contributed by atoms with Crippen LogP contribution in [0.25, 0.3) is 0 Å². The van der Waals surface area contributed by atoms with Gasteiger partial charge in [-0.3, -0.25) is 4.98 Å². The van der Waals surface area contributed by atoms with Gasteiger partial charge in [-0.1, -0.05) is 18.2 Å². The van der Waals surface area contributed by atoms with Crippen LogP contribution in [-0.4, -0.2) is 11.5 Å². The zero-order valence-electron chi connectivity index (χ0n) is 10.4. The number of hydrogen-bond acceptors (Lipinski definition) is 3. The Hall–Kier alpha value is -2.34. The molecule has 0 amide bonds. The van der Waals surface area contributed by atoms with Crippen molar-refractivity contribution in [1.29, 1.82) is 5.26 Å². The predicted molar refractivity (Wildman–Crippen MR) is 72.3 cm³/mol. The van der Waals surface area contributed by atoms with E-state index in [9.17, 15) is 0 Å². The Morgan fingerprint density at radius 2 is 2.17 bits per heavy atom. The SMILES string of the molecule is Cc1cccc(NCCc2cccnc2)c1C#N. The summed E-state index contributed by atoms with van der Waals surface area (Å²) in [6.45, 7) is 2.74. The molecule has 3 heteroatoms. The molecule has 3 nitrogen and oxygen atoms in total. The summed E-state index contributed by atoms with van der Waals surface area (Å²) < 4.78 is 0. The van der Waals surface area contributed by atoms with E-state index in [4.69, 9.17) is 5.26 Å². The zero-order chi connectivity index (χ0) is 12.8. The van der Waals surface area contributed by atoms with Gasteiger partial charge in [-0.05, 0) is 36.6 Å². The zero-order valence-corrected chi connectivity index (χ0v) is 10.4. The highest BCUT2D eigenvalue weighted by atomic mass is 14.9. The number of benzene rings is 1. The summed E-state index contributed by atoms with van der Waals surface area (Å²) in [4.78, 5) is 4.08. The topological polar surface area (TPSA) is 48.7 Å². The minimum Gasteiger partial charge on any atom is -0.384 e. The second kappa shape index (κ2) is 5.83. The van der Waals surface area contributed by atoms with Crippen LogP contribution in [0, 0.1) is 18.3 Å². The summed E-state index contributed by atoms with van der Waals surface area (Å²) in [7, 11) is 0. The number of pyridine rings is 1. The molecule has 18 heavy (non-hydrogen) atoms. The van der Waals surface area contributed by atoms with E-state index in [0.29, 0.717) is 0 Å². The van der Waals surface area contributed by atoms with E-state index in [1.165, 1.54) is 5.56 Å². The molecule has 0 fully saturated rings. The second-order valence-corrected chi connectivity index (χ2v) is 4.15. The summed E-state index contributed by atoms with van der Waals surface area (Å²) in [6, 6.07) is 12.1. The van der Waals surface area contributed by atoms with Crippen LogP contribution in [0.5, 0.6) is 0 Å². The highest BCUT2D eigenvalue weighted by Gasteiger charge is 2.03. The quantitative estimate of drug-likeness (QED) is 0.889. The van der Waals surface area contributed by atoms with Crippen molar-refractivity contribution in [2.45, 2.75) is 13.3 Å². The lowest BCUT2D eigenvalue weighted by Crippen LogP contribution is -2.06. The Bertz CT molecular complexity index is 556. The van der Waals surface area contributed by atoms with Gasteiger partial charge >= 0.3 is 0 Å². The van der Waals surface area contributed by atoms with Gasteiger partial charge in [-0.2, -0.15) is 5.26 Å². The number of anilines is 1. The van der Waals surface area contributed by atoms with Gasteiger partial charge in [0.25, 0.3) is 0 Å². The molecule has 0 saturated heterocycles. The maximum atomic E-state index is 9.12. The number of nitriles is 1. The van der Waals surface area contributed by atoms with Gasteiger partial charge in [0.1, 0.15) is 6.07 Å². The van der Waals surface area contributed by atoms with Crippen LogP contribution in [-0.2, 0) is 6.42 Å². The van der Waals surface area contributed by atoms with Crippen molar-refractivity contribution in [2.24, 2.45) is 0 Å². The number of rotatable bonds is 4. The molecule has 0 radical (unpaired) electrons. The van der Waals surface area contributed by atoms with Gasteiger partial charge in [-0.25, -0.2) is 0 Å². The lowest BCUT2D eigenvalue weighted by molar-refractivity contribution is 1.00. The third-order valence-corrected chi connectivity index (χ3v) is 2.84. The molecule has 1 aromatic heterocycles. The molecule has 2 aromatic rings. The summed E-state index contributed by atoms with van der Waals surface area (Å²) in [6.07, 6.45) is 4.53. The largest absolute Gasteiger partial charge is 0.384 e. The van der Waals surface area contributed by atoms with Crippen molar-refractivity contribution in [2.75, 3.05) is 11.9 Å². The van der Waals surface area contributed by atoms with Gasteiger partial charge in [0.2, 0.25) is 0 Å². The smallest absolute Gasteiger partial charge is 0.102 e. The normalized spacial score (nSPS) is 9.78. The first-order valence-corrected chi connectivity index (χ1v) is 5.94. The number of nitrogens with zero attached hydrogens (tertiary/aromatic N) is 2. The van der Waals surface area contributed by atoms with E-state index < -0.39 is 0 Å². The van der Waals surface area contributed by atoms with Crippen molar-refractivity contribution in [3.63, 3.8) is 0 Å². The van der Waals surface area contributed by atoms with E-state index >= 15 is 0 Å². The van der Waals surface area contributed by atoms with Crippen LogP contribution in [0.15, 0.2) is 42.7 Å². The van der Waals surface area contributed by atoms with Crippen molar-refractivity contribution in [3.8, 4) is 6.07 Å². The van der Waals surface area contributed by atoms with Gasteiger partial charge in [0.05, 0.1) is 11.3 Å². The maximum Gasteiger partial charge on any atom is 0.102 e. The molecule has 1 aromatic carbocycles. The third-order valence-electron chi connectivity index (χ3n) is 2.84. The summed E-state index contributed by atoms with van der Waals surface area (Å²) in [5.41, 5.74) is 3.82. The maximum absolute atomic E-state index is 9.12. The Morgan fingerprint density at radius 1 is 1.28 bits per heavy atom. The molecule has 1 N–H and O–H groups in total. The molecular formula is C15H15N3. The van der Waals surface area contributed by atoms with Gasteiger partial charge in [0, 0.05) is 18.9 Å². The van der Waals surface area contributed by atoms with E-state index in [-0.39, 0.29) is 0 Å². The first-order chi connectivity index (χ1) is 8.81. The van der Waals surface area contributed by atoms with Crippen LogP contribution >= 0.6 is 0 Å². The fourth-order valence-electron chi connectivity index (χ4n) is 1.85. The predicted octanol–water partition coefficient (Wildman–Crippen LogP) is 2.92. The lowest BCUT2D eigenvalue weighted by atomic mass is 10.1. The van der Waals surface area contributed by atoms with E-state index in [1.54, 1.807) is 6.20 Å². The number of nitrogens with one attached hydrogen (secondary N) is 1. The van der Waals surface area contributed by atoms with E-state index in [1.807, 2.05) is 37.4 Å². The van der Waals surface area contributed by atoms with Crippen LogP contribution in [0.4, 0.5) is 5.69 Å². The second-order valence-electron chi connectivity index (χ2n) is 4.15. The number of hydrogen-bond donors (Lipinski definition) is 1. The summed E-state index contributed by atoms with van der Waals surface area (Å²) in [5.74, 6) is 0. The van der Waals surface area contributed by atoms with Crippen LogP contribution in [0.2, 0.25) is 0 Å². The monoisotopic (exact) mass is 237 g/mol. The Kier molecular flexibility index (Phi) is 3.93. The molecule has 0 atom stereocenters. The van der Waals surface area contributed by atoms with Gasteiger partial charge in [-0.15, -0.1) is 0 Å². The van der Waals surface area contributed by atoms with Crippen molar-refractivity contribution < 1.29 is 0 Å². The Balaban J connectivity index is 1.99. The van der Waals surface area contributed by atoms with E-state index in [2.05, 4.69) is 22.4 Å². The highest BCUT2D eigenvalue weighted by Crippen LogP contribution is 2.18. The summed E-state index contributed by atoms with van der Waals surface area (Å²) in [5, 5.41) is 12.4. The molecule has 0 aliphatic carbocycles. The van der Waals surface area contributed by atoms with Crippen molar-refractivity contribution in [1.82, 2.24) is 4.98 Å². The Labute approximate surface area is 107 Å². The minimum atomic E-state index is 0.726. The Morgan fingerprint density at radius 3 is 2.89 bits per heavy atom. The minimum absolute atomic E-state index is 0.726. The fraction of sp³-hybridized carbons (Fsp3) is 0.200. The number of aromatic nitrogens is 1. The van der Waals surface area contributed by atoms with Gasteiger partial charge in [0.15, 0.2) is 0 Å². The molecule has 0 spiro atoms. The average molecular weight is 237 g/mol. The van der Waals surface area contributed by atoms with Crippen molar-refractivity contribution >= 4 is 5.69 Å². The molecule has 2 rings (SSSR count). The van der Waals surface area contributed by atoms with E-state index in [0.717, 1.165) is 29.8 Å². The highest BCUT2D eigenvalue weighted by molar-refractivity contribution is 5.60. The standard InChI is InChI=1S/C15H15N3/c1-12-4-2-6-15(14(12)10-16)18-9-7-13-5-3-8-17-11-13/h2-6,8,11,18H,7,9H2,1H3.